The Bertz CT molecular complexity index is 384. The van der Waals surface area contributed by atoms with Crippen molar-refractivity contribution in [2.75, 3.05) is 18.6 Å². The Kier molecular flexibility index (Phi) is 5.27. The predicted molar refractivity (Wildman–Crippen MR) is 80.7 cm³/mol. The summed E-state index contributed by atoms with van der Waals surface area (Å²) < 4.78 is 5.22. The highest BCUT2D eigenvalue weighted by Crippen LogP contribution is 2.40. The van der Waals surface area contributed by atoms with Crippen molar-refractivity contribution in [2.24, 2.45) is 0 Å². The monoisotopic (exact) mass is 284 g/mol. The van der Waals surface area contributed by atoms with Crippen LogP contribution in [0.1, 0.15) is 25.0 Å². The van der Waals surface area contributed by atoms with E-state index < -0.39 is 6.10 Å². The highest BCUT2D eigenvalue weighted by Gasteiger charge is 2.31. The lowest BCUT2D eigenvalue weighted by atomic mass is 10.0. The summed E-state index contributed by atoms with van der Waals surface area (Å²) >= 11 is 3.89. The smallest absolute Gasteiger partial charge is 0.119 e. The molecule has 1 aromatic rings. The lowest BCUT2D eigenvalue weighted by molar-refractivity contribution is 0.172. The average molecular weight is 284 g/mol. The summed E-state index contributed by atoms with van der Waals surface area (Å²) in [7, 11) is 1.66. The molecule has 3 atom stereocenters. The van der Waals surface area contributed by atoms with Crippen LogP contribution in [-0.4, -0.2) is 34.2 Å². The molecule has 0 spiro atoms. The molecular formula is C14H20O2S2. The Balaban J connectivity index is 2.15. The molecule has 1 aliphatic heterocycles. The van der Waals surface area contributed by atoms with Crippen LogP contribution < -0.4 is 4.74 Å². The summed E-state index contributed by atoms with van der Waals surface area (Å²) in [6, 6.07) is 7.78. The van der Waals surface area contributed by atoms with Gasteiger partial charge in [-0.3, -0.25) is 0 Å². The van der Waals surface area contributed by atoms with Gasteiger partial charge in [0.25, 0.3) is 0 Å². The Morgan fingerprint density at radius 3 is 2.89 bits per heavy atom. The van der Waals surface area contributed by atoms with E-state index in [9.17, 15) is 5.11 Å². The van der Waals surface area contributed by atoms with Gasteiger partial charge in [-0.05, 0) is 24.1 Å². The quantitative estimate of drug-likeness (QED) is 0.918. The van der Waals surface area contributed by atoms with E-state index in [0.717, 1.165) is 23.5 Å². The van der Waals surface area contributed by atoms with Gasteiger partial charge in [0.2, 0.25) is 0 Å². The van der Waals surface area contributed by atoms with Gasteiger partial charge in [0.15, 0.2) is 0 Å². The number of methoxy groups -OCH3 is 1. The molecule has 3 unspecified atom stereocenters. The van der Waals surface area contributed by atoms with Crippen LogP contribution >= 0.6 is 23.5 Å². The number of ether oxygens (including phenoxy) is 1. The molecule has 2 nitrogen and oxygen atoms in total. The highest BCUT2D eigenvalue weighted by atomic mass is 32.2. The molecule has 100 valence electrons. The maximum Gasteiger partial charge on any atom is 0.119 e. The number of benzene rings is 1. The minimum atomic E-state index is -0.400. The van der Waals surface area contributed by atoms with E-state index in [0.29, 0.717) is 10.5 Å². The first-order chi connectivity index (χ1) is 8.76. The number of hydrogen-bond acceptors (Lipinski definition) is 4. The standard InChI is InChI=1S/C14H20O2S2/c1-3-12-14(18-8-7-17-12)13(15)10-5-4-6-11(9-10)16-2/h4-6,9,12-15H,3,7-8H2,1-2H3. The van der Waals surface area contributed by atoms with Crippen LogP contribution in [0, 0.1) is 0 Å². The summed E-state index contributed by atoms with van der Waals surface area (Å²) in [5.41, 5.74) is 0.966. The van der Waals surface area contributed by atoms with Crippen molar-refractivity contribution in [1.29, 1.82) is 0 Å². The van der Waals surface area contributed by atoms with Crippen molar-refractivity contribution in [3.8, 4) is 5.75 Å². The van der Waals surface area contributed by atoms with E-state index in [1.807, 2.05) is 47.8 Å². The fourth-order valence-electron chi connectivity index (χ4n) is 2.25. The van der Waals surface area contributed by atoms with Gasteiger partial charge in [-0.15, -0.1) is 0 Å². The maximum atomic E-state index is 10.6. The van der Waals surface area contributed by atoms with Gasteiger partial charge in [0, 0.05) is 22.0 Å². The van der Waals surface area contributed by atoms with Gasteiger partial charge in [-0.25, -0.2) is 0 Å². The minimum Gasteiger partial charge on any atom is -0.497 e. The molecule has 1 saturated heterocycles. The molecule has 0 bridgehead atoms. The second kappa shape index (κ2) is 6.73. The fourth-order valence-corrected chi connectivity index (χ4v) is 5.38. The molecular weight excluding hydrogens is 264 g/mol. The minimum absolute atomic E-state index is 0.292. The first-order valence-electron chi connectivity index (χ1n) is 6.31. The summed E-state index contributed by atoms with van der Waals surface area (Å²) in [4.78, 5) is 0. The molecule has 0 amide bonds. The first kappa shape index (κ1) is 14.1. The summed E-state index contributed by atoms with van der Waals surface area (Å²) in [5.74, 6) is 3.14. The van der Waals surface area contributed by atoms with E-state index in [-0.39, 0.29) is 0 Å². The molecule has 18 heavy (non-hydrogen) atoms. The number of aliphatic hydroxyl groups excluding tert-OH is 1. The van der Waals surface area contributed by atoms with Gasteiger partial charge in [-0.1, -0.05) is 19.1 Å². The molecule has 1 aliphatic rings. The predicted octanol–water partition coefficient (Wildman–Crippen LogP) is 3.36. The molecule has 0 saturated carbocycles. The topological polar surface area (TPSA) is 29.5 Å². The zero-order valence-electron chi connectivity index (χ0n) is 10.8. The van der Waals surface area contributed by atoms with Crippen LogP contribution in [0.15, 0.2) is 24.3 Å². The Morgan fingerprint density at radius 1 is 1.39 bits per heavy atom. The summed E-state index contributed by atoms with van der Waals surface area (Å²) in [5, 5.41) is 11.4. The second-order valence-corrected chi connectivity index (χ2v) is 7.01. The molecule has 0 aromatic heterocycles. The lowest BCUT2D eigenvalue weighted by Crippen LogP contribution is -2.31. The Hall–Kier alpha value is -0.320. The van der Waals surface area contributed by atoms with Crippen LogP contribution in [0.2, 0.25) is 0 Å². The third kappa shape index (κ3) is 3.16. The van der Waals surface area contributed by atoms with Crippen molar-refractivity contribution in [3.05, 3.63) is 29.8 Å². The summed E-state index contributed by atoms with van der Waals surface area (Å²) in [6.45, 7) is 2.20. The number of hydrogen-bond donors (Lipinski definition) is 1. The Labute approximate surface area is 117 Å². The van der Waals surface area contributed by atoms with Gasteiger partial charge < -0.3 is 9.84 Å². The van der Waals surface area contributed by atoms with E-state index >= 15 is 0 Å². The first-order valence-corrected chi connectivity index (χ1v) is 8.41. The van der Waals surface area contributed by atoms with Crippen molar-refractivity contribution in [3.63, 3.8) is 0 Å². The maximum absolute atomic E-state index is 10.6. The van der Waals surface area contributed by atoms with Crippen LogP contribution in [0.5, 0.6) is 5.75 Å². The molecule has 1 N–H and O–H groups in total. The van der Waals surface area contributed by atoms with E-state index in [2.05, 4.69) is 6.92 Å². The molecule has 1 heterocycles. The molecule has 4 heteroatoms. The second-order valence-electron chi connectivity index (χ2n) is 4.37. The zero-order valence-corrected chi connectivity index (χ0v) is 12.5. The molecule has 0 radical (unpaired) electrons. The molecule has 2 rings (SSSR count). The van der Waals surface area contributed by atoms with Crippen molar-refractivity contribution >= 4 is 23.5 Å². The van der Waals surface area contributed by atoms with Gasteiger partial charge >= 0.3 is 0 Å². The summed E-state index contributed by atoms with van der Waals surface area (Å²) in [6.07, 6.45) is 0.714. The van der Waals surface area contributed by atoms with Crippen LogP contribution in [0.3, 0.4) is 0 Å². The largest absolute Gasteiger partial charge is 0.497 e. The van der Waals surface area contributed by atoms with Crippen LogP contribution in [0.4, 0.5) is 0 Å². The third-order valence-corrected chi connectivity index (χ3v) is 6.58. The van der Waals surface area contributed by atoms with Crippen molar-refractivity contribution in [1.82, 2.24) is 0 Å². The number of rotatable bonds is 4. The fraction of sp³-hybridized carbons (Fsp3) is 0.571. The lowest BCUT2D eigenvalue weighted by Gasteiger charge is -2.33. The molecule has 1 aromatic carbocycles. The van der Waals surface area contributed by atoms with Gasteiger partial charge in [-0.2, -0.15) is 23.5 Å². The van der Waals surface area contributed by atoms with Crippen LogP contribution in [-0.2, 0) is 0 Å². The SMILES string of the molecule is CCC1SCCSC1C(O)c1cccc(OC)c1. The average Bonchev–Trinajstić information content (AvgIpc) is 2.46. The van der Waals surface area contributed by atoms with Crippen LogP contribution in [0.25, 0.3) is 0 Å². The van der Waals surface area contributed by atoms with Gasteiger partial charge in [0.1, 0.15) is 5.75 Å². The molecule has 0 aliphatic carbocycles. The van der Waals surface area contributed by atoms with E-state index in [4.69, 9.17) is 4.74 Å². The number of aliphatic hydroxyl groups is 1. The third-order valence-electron chi connectivity index (χ3n) is 3.24. The van der Waals surface area contributed by atoms with E-state index in [1.165, 1.54) is 5.75 Å². The van der Waals surface area contributed by atoms with Crippen molar-refractivity contribution in [2.45, 2.75) is 29.9 Å². The molecule has 1 fully saturated rings. The van der Waals surface area contributed by atoms with E-state index in [1.54, 1.807) is 7.11 Å². The highest BCUT2D eigenvalue weighted by molar-refractivity contribution is 8.07. The zero-order chi connectivity index (χ0) is 13.0. The normalized spacial score (nSPS) is 25.7. The Morgan fingerprint density at radius 2 is 2.17 bits per heavy atom. The van der Waals surface area contributed by atoms with Crippen molar-refractivity contribution < 1.29 is 9.84 Å². The number of thioether (sulfide) groups is 2. The van der Waals surface area contributed by atoms with Gasteiger partial charge in [0.05, 0.1) is 13.2 Å².